The fourth-order valence-corrected chi connectivity index (χ4v) is 3.22. The Labute approximate surface area is 107 Å². The van der Waals surface area contributed by atoms with Crippen LogP contribution < -0.4 is 5.73 Å². The molecule has 16 heavy (non-hydrogen) atoms. The molecule has 1 atom stereocenters. The topological polar surface area (TPSA) is 26.0 Å². The Hall–Kier alpha value is -0.340. The summed E-state index contributed by atoms with van der Waals surface area (Å²) in [6.07, 6.45) is 8.06. The second kappa shape index (κ2) is 5.83. The van der Waals surface area contributed by atoms with Crippen molar-refractivity contribution < 1.29 is 0 Å². The molecule has 1 aliphatic carbocycles. The number of benzene rings is 1. The van der Waals surface area contributed by atoms with Gasteiger partial charge in [-0.2, -0.15) is 0 Å². The molecule has 1 fully saturated rings. The smallest absolute Gasteiger partial charge is 0.0334 e. The van der Waals surface area contributed by atoms with E-state index in [1.807, 2.05) is 6.07 Å². The third-order valence-electron chi connectivity index (χ3n) is 3.67. The Morgan fingerprint density at radius 1 is 1.06 bits per heavy atom. The lowest BCUT2D eigenvalue weighted by atomic mass is 9.88. The molecule has 2 heteroatoms. The monoisotopic (exact) mass is 281 g/mol. The fraction of sp³-hybridized carbons (Fsp3) is 0.571. The van der Waals surface area contributed by atoms with Crippen LogP contribution in [-0.2, 0) is 0 Å². The van der Waals surface area contributed by atoms with Gasteiger partial charge in [0.05, 0.1) is 0 Å². The normalized spacial score (nSPS) is 20.4. The highest BCUT2D eigenvalue weighted by atomic mass is 79.9. The molecular formula is C14H20BrN. The van der Waals surface area contributed by atoms with Crippen molar-refractivity contribution in [3.8, 4) is 0 Å². The molecule has 2 rings (SSSR count). The summed E-state index contributed by atoms with van der Waals surface area (Å²) in [7, 11) is 0. The van der Waals surface area contributed by atoms with E-state index in [4.69, 9.17) is 5.73 Å². The van der Waals surface area contributed by atoms with Crippen LogP contribution in [0.25, 0.3) is 0 Å². The molecule has 0 amide bonds. The standard InChI is InChI=1S/C14H20BrN/c15-13-10-6-5-9-12(13)14(16)11-7-3-1-2-4-8-11/h5-6,9-11,14H,1-4,7-8,16H2. The van der Waals surface area contributed by atoms with E-state index < -0.39 is 0 Å². The summed E-state index contributed by atoms with van der Waals surface area (Å²) in [6, 6.07) is 8.57. The van der Waals surface area contributed by atoms with Gasteiger partial charge in [-0.1, -0.05) is 59.8 Å². The van der Waals surface area contributed by atoms with Crippen LogP contribution >= 0.6 is 15.9 Å². The van der Waals surface area contributed by atoms with Gasteiger partial charge in [0.2, 0.25) is 0 Å². The first kappa shape index (κ1) is 12.1. The molecule has 1 aromatic rings. The lowest BCUT2D eigenvalue weighted by molar-refractivity contribution is 0.381. The zero-order chi connectivity index (χ0) is 11.4. The fourth-order valence-electron chi connectivity index (χ4n) is 2.67. The molecule has 1 aromatic carbocycles. The summed E-state index contributed by atoms with van der Waals surface area (Å²) in [5, 5.41) is 0. The second-order valence-electron chi connectivity index (χ2n) is 4.80. The molecule has 0 saturated heterocycles. The van der Waals surface area contributed by atoms with Crippen molar-refractivity contribution >= 4 is 15.9 Å². The Bertz CT molecular complexity index is 329. The van der Waals surface area contributed by atoms with Gasteiger partial charge in [0.25, 0.3) is 0 Å². The highest BCUT2D eigenvalue weighted by Crippen LogP contribution is 2.34. The number of hydrogen-bond donors (Lipinski definition) is 1. The average molecular weight is 282 g/mol. The maximum atomic E-state index is 6.41. The van der Waals surface area contributed by atoms with Gasteiger partial charge in [0.15, 0.2) is 0 Å². The first-order chi connectivity index (χ1) is 7.79. The first-order valence-corrected chi connectivity index (χ1v) is 7.08. The van der Waals surface area contributed by atoms with Gasteiger partial charge >= 0.3 is 0 Å². The minimum atomic E-state index is 0.202. The summed E-state index contributed by atoms with van der Waals surface area (Å²) < 4.78 is 1.16. The largest absolute Gasteiger partial charge is 0.324 e. The van der Waals surface area contributed by atoms with Crippen LogP contribution in [0.2, 0.25) is 0 Å². The maximum Gasteiger partial charge on any atom is 0.0334 e. The van der Waals surface area contributed by atoms with E-state index in [0.29, 0.717) is 5.92 Å². The molecule has 0 bridgehead atoms. The lowest BCUT2D eigenvalue weighted by Gasteiger charge is -2.23. The van der Waals surface area contributed by atoms with Crippen molar-refractivity contribution in [1.29, 1.82) is 0 Å². The quantitative estimate of drug-likeness (QED) is 0.798. The van der Waals surface area contributed by atoms with Crippen molar-refractivity contribution in [2.75, 3.05) is 0 Å². The zero-order valence-electron chi connectivity index (χ0n) is 9.66. The molecule has 0 heterocycles. The summed E-state index contributed by atoms with van der Waals surface area (Å²) in [4.78, 5) is 0. The van der Waals surface area contributed by atoms with Crippen molar-refractivity contribution in [2.24, 2.45) is 11.7 Å². The Morgan fingerprint density at radius 3 is 2.31 bits per heavy atom. The Balaban J connectivity index is 2.11. The van der Waals surface area contributed by atoms with Crippen molar-refractivity contribution in [3.05, 3.63) is 34.3 Å². The van der Waals surface area contributed by atoms with Crippen LogP contribution in [0, 0.1) is 5.92 Å². The van der Waals surface area contributed by atoms with Crippen LogP contribution in [0.1, 0.15) is 50.1 Å². The first-order valence-electron chi connectivity index (χ1n) is 6.29. The second-order valence-corrected chi connectivity index (χ2v) is 5.65. The summed E-state index contributed by atoms with van der Waals surface area (Å²) in [6.45, 7) is 0. The molecule has 0 aromatic heterocycles. The summed E-state index contributed by atoms with van der Waals surface area (Å²) in [5.41, 5.74) is 7.68. The van der Waals surface area contributed by atoms with Crippen molar-refractivity contribution in [1.82, 2.24) is 0 Å². The van der Waals surface area contributed by atoms with E-state index in [-0.39, 0.29) is 6.04 Å². The van der Waals surface area contributed by atoms with Crippen LogP contribution in [0.5, 0.6) is 0 Å². The van der Waals surface area contributed by atoms with Gasteiger partial charge in [0.1, 0.15) is 0 Å². The third kappa shape index (κ3) is 2.86. The highest BCUT2D eigenvalue weighted by Gasteiger charge is 2.21. The molecule has 0 spiro atoms. The van der Waals surface area contributed by atoms with Gasteiger partial charge in [-0.25, -0.2) is 0 Å². The number of nitrogens with two attached hydrogens (primary N) is 1. The van der Waals surface area contributed by atoms with E-state index >= 15 is 0 Å². The molecule has 0 radical (unpaired) electrons. The van der Waals surface area contributed by atoms with E-state index in [0.717, 1.165) is 4.47 Å². The van der Waals surface area contributed by atoms with Gasteiger partial charge < -0.3 is 5.73 Å². The van der Waals surface area contributed by atoms with Gasteiger partial charge in [-0.3, -0.25) is 0 Å². The maximum absolute atomic E-state index is 6.41. The predicted octanol–water partition coefficient (Wildman–Crippen LogP) is 4.42. The van der Waals surface area contributed by atoms with E-state index in [1.54, 1.807) is 0 Å². The number of halogens is 1. The highest BCUT2D eigenvalue weighted by molar-refractivity contribution is 9.10. The molecule has 1 unspecified atom stereocenters. The third-order valence-corrected chi connectivity index (χ3v) is 4.39. The molecule has 0 aliphatic heterocycles. The zero-order valence-corrected chi connectivity index (χ0v) is 11.2. The van der Waals surface area contributed by atoms with Gasteiger partial charge in [-0.05, 0) is 30.4 Å². The van der Waals surface area contributed by atoms with Gasteiger partial charge in [-0.15, -0.1) is 0 Å². The minimum absolute atomic E-state index is 0.202. The van der Waals surface area contributed by atoms with Crippen molar-refractivity contribution in [2.45, 2.75) is 44.6 Å². The number of hydrogen-bond acceptors (Lipinski definition) is 1. The van der Waals surface area contributed by atoms with Crippen molar-refractivity contribution in [3.63, 3.8) is 0 Å². The van der Waals surface area contributed by atoms with Gasteiger partial charge in [0, 0.05) is 10.5 Å². The van der Waals surface area contributed by atoms with E-state index in [1.165, 1.54) is 44.1 Å². The van der Waals surface area contributed by atoms with E-state index in [2.05, 4.69) is 34.1 Å². The van der Waals surface area contributed by atoms with Crippen LogP contribution in [-0.4, -0.2) is 0 Å². The van der Waals surface area contributed by atoms with Crippen LogP contribution in [0.4, 0.5) is 0 Å². The minimum Gasteiger partial charge on any atom is -0.324 e. The van der Waals surface area contributed by atoms with E-state index in [9.17, 15) is 0 Å². The SMILES string of the molecule is NC(c1ccccc1Br)C1CCCCCC1. The Morgan fingerprint density at radius 2 is 1.69 bits per heavy atom. The predicted molar refractivity (Wildman–Crippen MR) is 72.3 cm³/mol. The number of rotatable bonds is 2. The summed E-state index contributed by atoms with van der Waals surface area (Å²) in [5.74, 6) is 0.668. The van der Waals surface area contributed by atoms with Crippen LogP contribution in [0.3, 0.4) is 0 Å². The molecule has 1 nitrogen and oxygen atoms in total. The molecule has 88 valence electrons. The molecule has 2 N–H and O–H groups in total. The van der Waals surface area contributed by atoms with Crippen LogP contribution in [0.15, 0.2) is 28.7 Å². The lowest BCUT2D eigenvalue weighted by Crippen LogP contribution is -2.21. The average Bonchev–Trinajstić information content (AvgIpc) is 2.57. The molecule has 1 saturated carbocycles. The molecule has 1 aliphatic rings. The molecular weight excluding hydrogens is 262 g/mol. The Kier molecular flexibility index (Phi) is 4.42. The summed E-state index contributed by atoms with van der Waals surface area (Å²) >= 11 is 3.60.